The molecule has 4 heteroatoms. The largest absolute Gasteiger partial charge is 0.622 e. The van der Waals surface area contributed by atoms with Crippen molar-refractivity contribution < 1.29 is 14.5 Å². The van der Waals surface area contributed by atoms with Crippen LogP contribution in [0.25, 0.3) is 0 Å². The third-order valence-corrected chi connectivity index (χ3v) is 1.64. The first-order chi connectivity index (χ1) is 4.15. The van der Waals surface area contributed by atoms with Crippen molar-refractivity contribution in [3.8, 4) is 0 Å². The van der Waals surface area contributed by atoms with Crippen LogP contribution in [0.4, 0.5) is 4.79 Å². The number of hydrogen-bond donors (Lipinski definition) is 1. The van der Waals surface area contributed by atoms with Crippen LogP contribution in [0.2, 0.25) is 0 Å². The Morgan fingerprint density at radius 1 is 1.44 bits per heavy atom. The van der Waals surface area contributed by atoms with Crippen molar-refractivity contribution in [2.75, 3.05) is 13.1 Å². The molecule has 1 aliphatic heterocycles. The molecule has 0 aromatic heterocycles. The van der Waals surface area contributed by atoms with Crippen molar-refractivity contribution in [3.63, 3.8) is 0 Å². The summed E-state index contributed by atoms with van der Waals surface area (Å²) in [5.74, 6) is 0. The van der Waals surface area contributed by atoms with Gasteiger partial charge in [-0.15, -0.1) is 0 Å². The molecule has 0 radical (unpaired) electrons. The van der Waals surface area contributed by atoms with E-state index >= 15 is 0 Å². The minimum Gasteiger partial charge on any atom is -0.622 e. The molecule has 4 nitrogen and oxygen atoms in total. The summed E-state index contributed by atoms with van der Waals surface area (Å²) < 4.78 is -1.03. The van der Waals surface area contributed by atoms with E-state index in [0.29, 0.717) is 0 Å². The van der Waals surface area contributed by atoms with Crippen molar-refractivity contribution >= 4 is 6.09 Å². The van der Waals surface area contributed by atoms with Gasteiger partial charge >= 0.3 is 6.09 Å². The molecule has 52 valence electrons. The number of carboxylic acid groups (broad SMARTS) is 1. The molecule has 1 amide bonds. The SMILES string of the molecule is O=C(O)[N+]1([O-])CCCC1. The average Bonchev–Trinajstić information content (AvgIpc) is 2.16. The van der Waals surface area contributed by atoms with Crippen molar-refractivity contribution in [2.45, 2.75) is 12.8 Å². The van der Waals surface area contributed by atoms with Crippen molar-refractivity contribution in [2.24, 2.45) is 0 Å². The standard InChI is InChI=1S/C5H9NO3/c7-5(8)6(9)3-1-2-4-6/h1-4H2,(H,7,8). The molecule has 0 aromatic carbocycles. The van der Waals surface area contributed by atoms with Gasteiger partial charge < -0.3 is 10.3 Å². The lowest BCUT2D eigenvalue weighted by atomic mass is 10.4. The van der Waals surface area contributed by atoms with Crippen LogP contribution in [0, 0.1) is 5.21 Å². The lowest BCUT2D eigenvalue weighted by molar-refractivity contribution is -0.793. The van der Waals surface area contributed by atoms with Crippen LogP contribution in [-0.2, 0) is 0 Å². The van der Waals surface area contributed by atoms with E-state index in [1.54, 1.807) is 0 Å². The minimum atomic E-state index is -1.24. The van der Waals surface area contributed by atoms with Crippen LogP contribution in [-0.4, -0.2) is 28.9 Å². The number of nitrogens with zero attached hydrogens (tertiary/aromatic N) is 1. The van der Waals surface area contributed by atoms with E-state index in [9.17, 15) is 10.0 Å². The van der Waals surface area contributed by atoms with Gasteiger partial charge in [0, 0.05) is 12.8 Å². The fourth-order valence-electron chi connectivity index (χ4n) is 1.04. The Bertz CT molecular complexity index is 128. The van der Waals surface area contributed by atoms with Crippen LogP contribution in [0.5, 0.6) is 0 Å². The van der Waals surface area contributed by atoms with Crippen LogP contribution >= 0.6 is 0 Å². The zero-order chi connectivity index (χ0) is 6.91. The average molecular weight is 131 g/mol. The van der Waals surface area contributed by atoms with Crippen molar-refractivity contribution in [1.82, 2.24) is 0 Å². The molecular formula is C5H9NO3. The van der Waals surface area contributed by atoms with E-state index in [4.69, 9.17) is 5.11 Å². The maximum absolute atomic E-state index is 10.9. The Balaban J connectivity index is 2.61. The highest BCUT2D eigenvalue weighted by atomic mass is 16.6. The number of likely N-dealkylation sites (tertiary alicyclic amines) is 1. The predicted molar refractivity (Wildman–Crippen MR) is 30.6 cm³/mol. The molecule has 0 aromatic rings. The number of carbonyl (C=O) groups is 1. The molecule has 0 aliphatic carbocycles. The van der Waals surface area contributed by atoms with Gasteiger partial charge in [0.1, 0.15) is 0 Å². The quantitative estimate of drug-likeness (QED) is 0.390. The van der Waals surface area contributed by atoms with Crippen molar-refractivity contribution in [3.05, 3.63) is 5.21 Å². The summed E-state index contributed by atoms with van der Waals surface area (Å²) in [4.78, 5) is 10.2. The van der Waals surface area contributed by atoms with E-state index in [1.807, 2.05) is 0 Å². The molecular weight excluding hydrogens is 122 g/mol. The molecule has 0 saturated carbocycles. The summed E-state index contributed by atoms with van der Waals surface area (Å²) in [6.07, 6.45) is 0.249. The van der Waals surface area contributed by atoms with E-state index in [2.05, 4.69) is 0 Å². The first-order valence-corrected chi connectivity index (χ1v) is 2.97. The van der Waals surface area contributed by atoms with Gasteiger partial charge in [-0.25, -0.2) is 0 Å². The zero-order valence-corrected chi connectivity index (χ0v) is 5.04. The van der Waals surface area contributed by atoms with E-state index in [0.717, 1.165) is 12.8 Å². The highest BCUT2D eigenvalue weighted by Gasteiger charge is 2.30. The first kappa shape index (κ1) is 6.51. The molecule has 9 heavy (non-hydrogen) atoms. The second kappa shape index (κ2) is 1.97. The Labute approximate surface area is 52.9 Å². The van der Waals surface area contributed by atoms with Crippen LogP contribution in [0.3, 0.4) is 0 Å². The number of hydrogen-bond acceptors (Lipinski definition) is 2. The van der Waals surface area contributed by atoms with Gasteiger partial charge in [-0.1, -0.05) is 0 Å². The maximum atomic E-state index is 10.9. The molecule has 0 unspecified atom stereocenters. The van der Waals surface area contributed by atoms with Gasteiger partial charge in [-0.05, 0) is 0 Å². The Kier molecular flexibility index (Phi) is 1.42. The van der Waals surface area contributed by atoms with E-state index < -0.39 is 10.7 Å². The molecule has 1 saturated heterocycles. The lowest BCUT2D eigenvalue weighted by Gasteiger charge is -2.30. The van der Waals surface area contributed by atoms with Crippen molar-refractivity contribution in [1.29, 1.82) is 0 Å². The molecule has 1 N–H and O–H groups in total. The highest BCUT2D eigenvalue weighted by molar-refractivity contribution is 5.57. The predicted octanol–water partition coefficient (Wildman–Crippen LogP) is 0.773. The molecule has 1 rings (SSSR count). The summed E-state index contributed by atoms with van der Waals surface area (Å²) >= 11 is 0. The summed E-state index contributed by atoms with van der Waals surface area (Å²) in [6, 6.07) is 0. The normalized spacial score (nSPS) is 24.1. The number of quaternary nitrogens is 1. The molecule has 0 bridgehead atoms. The summed E-state index contributed by atoms with van der Waals surface area (Å²) in [7, 11) is 0. The Morgan fingerprint density at radius 3 is 2.11 bits per heavy atom. The summed E-state index contributed by atoms with van der Waals surface area (Å²) in [5, 5.41) is 19.3. The molecule has 0 atom stereocenters. The topological polar surface area (TPSA) is 60.4 Å². The van der Waals surface area contributed by atoms with Crippen LogP contribution < -0.4 is 0 Å². The summed E-state index contributed by atoms with van der Waals surface area (Å²) in [6.45, 7) is 0.491. The second-order valence-corrected chi connectivity index (χ2v) is 2.33. The Morgan fingerprint density at radius 2 is 1.89 bits per heavy atom. The van der Waals surface area contributed by atoms with Crippen LogP contribution in [0.1, 0.15) is 12.8 Å². The third-order valence-electron chi connectivity index (χ3n) is 1.64. The van der Waals surface area contributed by atoms with Gasteiger partial charge in [0.15, 0.2) is 0 Å². The van der Waals surface area contributed by atoms with Gasteiger partial charge in [0.2, 0.25) is 0 Å². The third kappa shape index (κ3) is 1.04. The number of hydroxylamine groups is 3. The van der Waals surface area contributed by atoms with E-state index in [-0.39, 0.29) is 13.1 Å². The molecule has 1 heterocycles. The summed E-state index contributed by atoms with van der Waals surface area (Å²) in [5.41, 5.74) is 0. The molecule has 1 aliphatic rings. The second-order valence-electron chi connectivity index (χ2n) is 2.33. The minimum absolute atomic E-state index is 0.245. The zero-order valence-electron chi connectivity index (χ0n) is 5.04. The Hall–Kier alpha value is -0.610. The number of amides is 1. The van der Waals surface area contributed by atoms with Gasteiger partial charge in [0.25, 0.3) is 0 Å². The first-order valence-electron chi connectivity index (χ1n) is 2.97. The highest BCUT2D eigenvalue weighted by Crippen LogP contribution is 2.16. The van der Waals surface area contributed by atoms with Gasteiger partial charge in [-0.2, -0.15) is 4.79 Å². The monoisotopic (exact) mass is 131 g/mol. The maximum Gasteiger partial charge on any atom is 0.513 e. The molecule has 1 fully saturated rings. The number of rotatable bonds is 0. The van der Waals surface area contributed by atoms with Gasteiger partial charge in [-0.3, -0.25) is 4.65 Å². The fraction of sp³-hybridized carbons (Fsp3) is 0.800. The molecule has 0 spiro atoms. The van der Waals surface area contributed by atoms with E-state index in [1.165, 1.54) is 0 Å². The lowest BCUT2D eigenvalue weighted by Crippen LogP contribution is -2.43. The van der Waals surface area contributed by atoms with Gasteiger partial charge in [0.05, 0.1) is 13.1 Å². The smallest absolute Gasteiger partial charge is 0.513 e. The van der Waals surface area contributed by atoms with Crippen LogP contribution in [0.15, 0.2) is 0 Å². The fourth-order valence-corrected chi connectivity index (χ4v) is 1.04.